The van der Waals surface area contributed by atoms with E-state index in [2.05, 4.69) is 51.3 Å². The van der Waals surface area contributed by atoms with Gasteiger partial charge in [-0.2, -0.15) is 0 Å². The SMILES string of the molecule is C.C.CC(C)(C)N1CCC(O)CC1.CC(C)(C)N1CCOCC1. The van der Waals surface area contributed by atoms with Crippen molar-refractivity contribution in [2.45, 2.75) is 86.4 Å². The topological polar surface area (TPSA) is 35.9 Å². The van der Waals surface area contributed by atoms with Gasteiger partial charge in [-0.25, -0.2) is 0 Å². The van der Waals surface area contributed by atoms with E-state index in [1.165, 1.54) is 0 Å². The molecule has 2 rings (SSSR count). The van der Waals surface area contributed by atoms with E-state index in [0.717, 1.165) is 52.2 Å². The van der Waals surface area contributed by atoms with Crippen LogP contribution in [0.4, 0.5) is 0 Å². The Labute approximate surface area is 146 Å². The molecule has 23 heavy (non-hydrogen) atoms. The summed E-state index contributed by atoms with van der Waals surface area (Å²) in [6, 6.07) is 0. The molecule has 4 heteroatoms. The normalized spacial score (nSPS) is 21.5. The first-order valence-electron chi connectivity index (χ1n) is 8.36. The highest BCUT2D eigenvalue weighted by atomic mass is 16.5. The van der Waals surface area contributed by atoms with Gasteiger partial charge in [-0.3, -0.25) is 9.80 Å². The summed E-state index contributed by atoms with van der Waals surface area (Å²) in [6.45, 7) is 19.5. The Morgan fingerprint density at radius 3 is 1.39 bits per heavy atom. The average Bonchev–Trinajstić information content (AvgIpc) is 2.39. The summed E-state index contributed by atoms with van der Waals surface area (Å²) >= 11 is 0. The number of aliphatic hydroxyl groups excluding tert-OH is 1. The first-order valence-corrected chi connectivity index (χ1v) is 8.36. The monoisotopic (exact) mass is 332 g/mol. The average molecular weight is 333 g/mol. The smallest absolute Gasteiger partial charge is 0.0594 e. The third-order valence-electron chi connectivity index (χ3n) is 4.37. The van der Waals surface area contributed by atoms with Crippen molar-refractivity contribution >= 4 is 0 Å². The van der Waals surface area contributed by atoms with Crippen molar-refractivity contribution in [3.05, 3.63) is 0 Å². The van der Waals surface area contributed by atoms with Gasteiger partial charge in [0, 0.05) is 37.3 Å². The highest BCUT2D eigenvalue weighted by molar-refractivity contribution is 4.81. The van der Waals surface area contributed by atoms with Crippen LogP contribution in [0.2, 0.25) is 0 Å². The lowest BCUT2D eigenvalue weighted by Crippen LogP contribution is -2.47. The number of hydrogen-bond donors (Lipinski definition) is 1. The molecule has 2 saturated heterocycles. The molecular weight excluding hydrogens is 288 g/mol. The first-order chi connectivity index (χ1) is 9.60. The molecule has 0 aromatic rings. The molecule has 2 heterocycles. The third-order valence-corrected chi connectivity index (χ3v) is 4.37. The lowest BCUT2D eigenvalue weighted by Gasteiger charge is -2.39. The van der Waals surface area contributed by atoms with Crippen molar-refractivity contribution in [3.8, 4) is 0 Å². The number of likely N-dealkylation sites (tertiary alicyclic amines) is 1. The zero-order chi connectivity index (χ0) is 16.1. The van der Waals surface area contributed by atoms with Gasteiger partial charge in [-0.15, -0.1) is 0 Å². The van der Waals surface area contributed by atoms with Crippen molar-refractivity contribution in [1.29, 1.82) is 0 Å². The van der Waals surface area contributed by atoms with Crippen molar-refractivity contribution < 1.29 is 9.84 Å². The summed E-state index contributed by atoms with van der Waals surface area (Å²) in [7, 11) is 0. The second-order valence-corrected chi connectivity index (χ2v) is 8.16. The van der Waals surface area contributed by atoms with Crippen LogP contribution < -0.4 is 0 Å². The maximum Gasteiger partial charge on any atom is 0.0594 e. The Balaban J connectivity index is 0. The predicted molar refractivity (Wildman–Crippen MR) is 102 cm³/mol. The number of rotatable bonds is 0. The van der Waals surface area contributed by atoms with E-state index < -0.39 is 0 Å². The molecule has 2 aliphatic rings. The van der Waals surface area contributed by atoms with Crippen LogP contribution in [0.25, 0.3) is 0 Å². The van der Waals surface area contributed by atoms with Crippen LogP contribution in [0.15, 0.2) is 0 Å². The Hall–Kier alpha value is -0.160. The van der Waals surface area contributed by atoms with Gasteiger partial charge in [0.1, 0.15) is 0 Å². The highest BCUT2D eigenvalue weighted by Gasteiger charge is 2.25. The van der Waals surface area contributed by atoms with Gasteiger partial charge >= 0.3 is 0 Å². The fourth-order valence-corrected chi connectivity index (χ4v) is 2.77. The molecule has 0 radical (unpaired) electrons. The molecule has 0 unspecified atom stereocenters. The Morgan fingerprint density at radius 2 is 1.09 bits per heavy atom. The fraction of sp³-hybridized carbons (Fsp3) is 1.00. The molecule has 0 saturated carbocycles. The van der Waals surface area contributed by atoms with E-state index >= 15 is 0 Å². The van der Waals surface area contributed by atoms with Gasteiger partial charge in [-0.05, 0) is 54.4 Å². The summed E-state index contributed by atoms with van der Waals surface area (Å²) < 4.78 is 5.25. The molecule has 0 aromatic heterocycles. The summed E-state index contributed by atoms with van der Waals surface area (Å²) in [5, 5.41) is 9.27. The molecule has 2 fully saturated rings. The first kappa shape index (κ1) is 25.1. The number of piperidine rings is 1. The van der Waals surface area contributed by atoms with E-state index in [1.807, 2.05) is 0 Å². The minimum atomic E-state index is -0.0476. The maximum atomic E-state index is 9.27. The molecule has 142 valence electrons. The van der Waals surface area contributed by atoms with Crippen molar-refractivity contribution in [3.63, 3.8) is 0 Å². The molecule has 0 amide bonds. The fourth-order valence-electron chi connectivity index (χ4n) is 2.77. The molecule has 4 nitrogen and oxygen atoms in total. The maximum absolute atomic E-state index is 9.27. The van der Waals surface area contributed by atoms with Gasteiger partial charge in [-0.1, -0.05) is 14.9 Å². The number of aliphatic hydroxyl groups is 1. The van der Waals surface area contributed by atoms with Gasteiger partial charge in [0.2, 0.25) is 0 Å². The Bertz CT molecular complexity index is 281. The Kier molecular flexibility index (Phi) is 11.6. The minimum Gasteiger partial charge on any atom is -0.393 e. The second-order valence-electron chi connectivity index (χ2n) is 8.16. The molecular formula is C19H44N2O2. The van der Waals surface area contributed by atoms with Crippen molar-refractivity contribution in [2.75, 3.05) is 39.4 Å². The molecule has 2 aliphatic heterocycles. The predicted octanol–water partition coefficient (Wildman–Crippen LogP) is 3.63. The highest BCUT2D eigenvalue weighted by Crippen LogP contribution is 2.19. The quantitative estimate of drug-likeness (QED) is 0.735. The molecule has 0 aromatic carbocycles. The summed E-state index contributed by atoms with van der Waals surface area (Å²) in [5.41, 5.74) is 0.601. The van der Waals surface area contributed by atoms with Gasteiger partial charge < -0.3 is 9.84 Å². The summed E-state index contributed by atoms with van der Waals surface area (Å²) in [5.74, 6) is 0. The zero-order valence-corrected chi connectivity index (χ0v) is 15.0. The van der Waals surface area contributed by atoms with E-state index in [9.17, 15) is 5.11 Å². The van der Waals surface area contributed by atoms with Crippen LogP contribution >= 0.6 is 0 Å². The molecule has 0 atom stereocenters. The van der Waals surface area contributed by atoms with Crippen LogP contribution in [0.1, 0.15) is 69.2 Å². The van der Waals surface area contributed by atoms with Crippen LogP contribution in [0, 0.1) is 0 Å². The second kappa shape index (κ2) is 10.7. The summed E-state index contributed by atoms with van der Waals surface area (Å²) in [4.78, 5) is 4.89. The number of ether oxygens (including phenoxy) is 1. The van der Waals surface area contributed by atoms with E-state index in [-0.39, 0.29) is 26.5 Å². The lowest BCUT2D eigenvalue weighted by atomic mass is 10.00. The largest absolute Gasteiger partial charge is 0.393 e. The zero-order valence-electron chi connectivity index (χ0n) is 15.0. The molecule has 0 spiro atoms. The van der Waals surface area contributed by atoms with Crippen LogP contribution in [-0.2, 0) is 4.74 Å². The number of morpholine rings is 1. The minimum absolute atomic E-state index is 0. The molecule has 0 aliphatic carbocycles. The molecule has 1 N–H and O–H groups in total. The standard InChI is InChI=1S/C9H19NO.C8H17NO.2CH4/c1-9(2,3)10-6-4-8(11)5-7-10;1-8(2,3)9-4-6-10-7-5-9;;/h8,11H,4-7H2,1-3H3;4-7H2,1-3H3;2*1H4. The van der Waals surface area contributed by atoms with Gasteiger partial charge in [0.15, 0.2) is 0 Å². The Morgan fingerprint density at radius 1 is 0.739 bits per heavy atom. The number of hydrogen-bond acceptors (Lipinski definition) is 4. The van der Waals surface area contributed by atoms with Crippen molar-refractivity contribution in [2.24, 2.45) is 0 Å². The molecule has 0 bridgehead atoms. The van der Waals surface area contributed by atoms with E-state index in [4.69, 9.17) is 4.74 Å². The van der Waals surface area contributed by atoms with Crippen molar-refractivity contribution in [1.82, 2.24) is 9.80 Å². The van der Waals surface area contributed by atoms with E-state index in [0.29, 0.717) is 5.54 Å². The summed E-state index contributed by atoms with van der Waals surface area (Å²) in [6.07, 6.45) is 1.84. The van der Waals surface area contributed by atoms with Gasteiger partial charge in [0.05, 0.1) is 19.3 Å². The van der Waals surface area contributed by atoms with Crippen LogP contribution in [0.3, 0.4) is 0 Å². The lowest BCUT2D eigenvalue weighted by molar-refractivity contribution is -0.00389. The van der Waals surface area contributed by atoms with Gasteiger partial charge in [0.25, 0.3) is 0 Å². The van der Waals surface area contributed by atoms with E-state index in [1.54, 1.807) is 0 Å². The van der Waals surface area contributed by atoms with Crippen LogP contribution in [0.5, 0.6) is 0 Å². The van der Waals surface area contributed by atoms with Crippen LogP contribution in [-0.4, -0.2) is 71.5 Å². The third kappa shape index (κ3) is 9.65. The number of nitrogens with zero attached hydrogens (tertiary/aromatic N) is 2.